The number of amides is 1. The van der Waals surface area contributed by atoms with E-state index in [4.69, 9.17) is 0 Å². The van der Waals surface area contributed by atoms with Crippen molar-refractivity contribution in [1.29, 1.82) is 0 Å². The van der Waals surface area contributed by atoms with Crippen molar-refractivity contribution in [3.05, 3.63) is 16.6 Å². The van der Waals surface area contributed by atoms with Gasteiger partial charge in [0.2, 0.25) is 5.91 Å². The highest BCUT2D eigenvalue weighted by molar-refractivity contribution is 14.0. The number of nitrogens with zero attached hydrogens (tertiary/aromatic N) is 3. The molecule has 2 N–H and O–H groups in total. The average Bonchev–Trinajstić information content (AvgIpc) is 3.30. The summed E-state index contributed by atoms with van der Waals surface area (Å²) in [6.45, 7) is 2.32. The largest absolute Gasteiger partial charge is 0.352 e. The van der Waals surface area contributed by atoms with E-state index in [9.17, 15) is 4.79 Å². The number of hydrogen-bond acceptors (Lipinski definition) is 4. The molecular formula is C17H28IN5OS. The molecule has 1 aliphatic heterocycles. The second kappa shape index (κ2) is 10.3. The van der Waals surface area contributed by atoms with Crippen molar-refractivity contribution in [2.75, 3.05) is 20.1 Å². The van der Waals surface area contributed by atoms with E-state index in [1.807, 2.05) is 16.5 Å². The SMILES string of the molecule is CN=C(NCc1nccs1)NC1CCN(C(=O)C2CCCCC2)C1.I. The van der Waals surface area contributed by atoms with Crippen molar-refractivity contribution < 1.29 is 4.79 Å². The standard InChI is InChI=1S/C17H27N5OS.HI/c1-18-17(20-11-15-19-8-10-24-15)21-14-7-9-22(12-14)16(23)13-5-3-2-4-6-13;/h8,10,13-14H,2-7,9,11-12H2,1H3,(H2,18,20,21);1H. The van der Waals surface area contributed by atoms with Crippen LogP contribution in [0.3, 0.4) is 0 Å². The summed E-state index contributed by atoms with van der Waals surface area (Å²) in [6, 6.07) is 0.278. The molecule has 0 spiro atoms. The number of hydrogen-bond donors (Lipinski definition) is 2. The lowest BCUT2D eigenvalue weighted by molar-refractivity contribution is -0.135. The summed E-state index contributed by atoms with van der Waals surface area (Å²) in [5, 5.41) is 9.74. The smallest absolute Gasteiger partial charge is 0.225 e. The van der Waals surface area contributed by atoms with Crippen LogP contribution < -0.4 is 10.6 Å². The molecule has 2 heterocycles. The fourth-order valence-electron chi connectivity index (χ4n) is 3.57. The Balaban J connectivity index is 0.00000225. The van der Waals surface area contributed by atoms with Crippen LogP contribution in [0.2, 0.25) is 0 Å². The Morgan fingerprint density at radius 3 is 2.84 bits per heavy atom. The summed E-state index contributed by atoms with van der Waals surface area (Å²) in [6.07, 6.45) is 8.64. The lowest BCUT2D eigenvalue weighted by atomic mass is 9.88. The Bertz CT molecular complexity index is 559. The fraction of sp³-hybridized carbons (Fsp3) is 0.706. The molecule has 1 aliphatic carbocycles. The van der Waals surface area contributed by atoms with Gasteiger partial charge in [0.25, 0.3) is 0 Å². The second-order valence-corrected chi connectivity index (χ2v) is 7.58. The molecule has 3 rings (SSSR count). The summed E-state index contributed by atoms with van der Waals surface area (Å²) in [7, 11) is 1.77. The molecule has 1 amide bonds. The van der Waals surface area contributed by atoms with Crippen LogP contribution in [0.4, 0.5) is 0 Å². The number of thiazole rings is 1. The highest BCUT2D eigenvalue weighted by Gasteiger charge is 2.31. The molecule has 8 heteroatoms. The molecule has 1 aromatic rings. The third-order valence-corrected chi connectivity index (χ3v) is 5.69. The lowest BCUT2D eigenvalue weighted by Crippen LogP contribution is -2.45. The van der Waals surface area contributed by atoms with Crippen molar-refractivity contribution in [2.24, 2.45) is 10.9 Å². The Morgan fingerprint density at radius 2 is 2.16 bits per heavy atom. The Labute approximate surface area is 170 Å². The number of carbonyl (C=O) groups excluding carboxylic acids is 1. The first kappa shape index (κ1) is 20.4. The van der Waals surface area contributed by atoms with E-state index >= 15 is 0 Å². The van der Waals surface area contributed by atoms with Crippen LogP contribution in [0.15, 0.2) is 16.6 Å². The van der Waals surface area contributed by atoms with E-state index in [0.29, 0.717) is 12.5 Å². The summed E-state index contributed by atoms with van der Waals surface area (Å²) in [5.74, 6) is 1.41. The Kier molecular flexibility index (Phi) is 8.41. The van der Waals surface area contributed by atoms with Crippen LogP contribution in [-0.4, -0.2) is 47.9 Å². The number of likely N-dealkylation sites (tertiary alicyclic amines) is 1. The predicted octanol–water partition coefficient (Wildman–Crippen LogP) is 2.61. The van der Waals surface area contributed by atoms with Crippen molar-refractivity contribution in [3.8, 4) is 0 Å². The summed E-state index contributed by atoms with van der Waals surface area (Å²) >= 11 is 1.63. The molecule has 1 aromatic heterocycles. The van der Waals surface area contributed by atoms with E-state index in [1.54, 1.807) is 18.4 Å². The maximum Gasteiger partial charge on any atom is 0.225 e. The number of rotatable bonds is 4. The molecular weight excluding hydrogens is 449 g/mol. The monoisotopic (exact) mass is 477 g/mol. The van der Waals surface area contributed by atoms with Gasteiger partial charge in [0.15, 0.2) is 5.96 Å². The zero-order valence-electron chi connectivity index (χ0n) is 14.7. The van der Waals surface area contributed by atoms with Gasteiger partial charge in [0, 0.05) is 43.7 Å². The number of halogens is 1. The van der Waals surface area contributed by atoms with Crippen LogP contribution in [-0.2, 0) is 11.3 Å². The van der Waals surface area contributed by atoms with Gasteiger partial charge in [-0.3, -0.25) is 9.79 Å². The quantitative estimate of drug-likeness (QED) is 0.398. The predicted molar refractivity (Wildman–Crippen MR) is 112 cm³/mol. The molecule has 1 saturated carbocycles. The molecule has 0 aromatic carbocycles. The fourth-order valence-corrected chi connectivity index (χ4v) is 4.13. The lowest BCUT2D eigenvalue weighted by Gasteiger charge is -2.26. The third kappa shape index (κ3) is 5.80. The molecule has 25 heavy (non-hydrogen) atoms. The van der Waals surface area contributed by atoms with Gasteiger partial charge in [0.05, 0.1) is 6.54 Å². The molecule has 2 aliphatic rings. The van der Waals surface area contributed by atoms with Crippen LogP contribution in [0.5, 0.6) is 0 Å². The van der Waals surface area contributed by atoms with Gasteiger partial charge >= 0.3 is 0 Å². The number of nitrogens with one attached hydrogen (secondary N) is 2. The molecule has 6 nitrogen and oxygen atoms in total. The molecule has 1 atom stereocenters. The zero-order valence-corrected chi connectivity index (χ0v) is 17.9. The first-order valence-electron chi connectivity index (χ1n) is 8.90. The molecule has 2 fully saturated rings. The van der Waals surface area contributed by atoms with Crippen molar-refractivity contribution in [3.63, 3.8) is 0 Å². The minimum Gasteiger partial charge on any atom is -0.352 e. The van der Waals surface area contributed by atoms with Crippen molar-refractivity contribution in [1.82, 2.24) is 20.5 Å². The summed E-state index contributed by atoms with van der Waals surface area (Å²) in [5.41, 5.74) is 0. The zero-order chi connectivity index (χ0) is 16.8. The van der Waals surface area contributed by atoms with Gasteiger partial charge in [-0.05, 0) is 19.3 Å². The topological polar surface area (TPSA) is 69.6 Å². The van der Waals surface area contributed by atoms with E-state index < -0.39 is 0 Å². The van der Waals surface area contributed by atoms with E-state index in [1.165, 1.54) is 19.3 Å². The van der Waals surface area contributed by atoms with Gasteiger partial charge in [-0.2, -0.15) is 0 Å². The number of guanidine groups is 1. The number of carbonyl (C=O) groups is 1. The maximum absolute atomic E-state index is 12.6. The maximum atomic E-state index is 12.6. The minimum absolute atomic E-state index is 0. The number of aromatic nitrogens is 1. The Hall–Kier alpha value is -0.900. The normalized spacial score (nSPS) is 21.7. The van der Waals surface area contributed by atoms with E-state index in [-0.39, 0.29) is 35.9 Å². The highest BCUT2D eigenvalue weighted by Crippen LogP contribution is 2.26. The summed E-state index contributed by atoms with van der Waals surface area (Å²) < 4.78 is 0. The van der Waals surface area contributed by atoms with Gasteiger partial charge in [-0.25, -0.2) is 4.98 Å². The van der Waals surface area contributed by atoms with Crippen LogP contribution in [0, 0.1) is 5.92 Å². The van der Waals surface area contributed by atoms with Crippen LogP contribution in [0.1, 0.15) is 43.5 Å². The van der Waals surface area contributed by atoms with Crippen LogP contribution in [0.25, 0.3) is 0 Å². The van der Waals surface area contributed by atoms with Gasteiger partial charge in [-0.15, -0.1) is 35.3 Å². The highest BCUT2D eigenvalue weighted by atomic mass is 127. The molecule has 1 saturated heterocycles. The second-order valence-electron chi connectivity index (χ2n) is 6.60. The first-order chi connectivity index (χ1) is 11.8. The first-order valence-corrected chi connectivity index (χ1v) is 9.78. The van der Waals surface area contributed by atoms with Crippen molar-refractivity contribution >= 4 is 47.2 Å². The van der Waals surface area contributed by atoms with Gasteiger partial charge in [-0.1, -0.05) is 19.3 Å². The Morgan fingerprint density at radius 1 is 1.36 bits per heavy atom. The van der Waals surface area contributed by atoms with Crippen LogP contribution >= 0.6 is 35.3 Å². The molecule has 140 valence electrons. The van der Waals surface area contributed by atoms with Gasteiger partial charge in [0.1, 0.15) is 5.01 Å². The van der Waals surface area contributed by atoms with Gasteiger partial charge < -0.3 is 15.5 Å². The third-order valence-electron chi connectivity index (χ3n) is 4.91. The van der Waals surface area contributed by atoms with E-state index in [2.05, 4.69) is 20.6 Å². The molecule has 1 unspecified atom stereocenters. The van der Waals surface area contributed by atoms with Crippen molar-refractivity contribution in [2.45, 2.75) is 51.1 Å². The minimum atomic E-state index is 0. The average molecular weight is 477 g/mol. The number of aliphatic imine (C=N–C) groups is 1. The molecule has 0 bridgehead atoms. The summed E-state index contributed by atoms with van der Waals surface area (Å²) in [4.78, 5) is 23.2. The van der Waals surface area contributed by atoms with E-state index in [0.717, 1.165) is 43.3 Å². The molecule has 0 radical (unpaired) electrons.